The zero-order chi connectivity index (χ0) is 14.9. The minimum Gasteiger partial charge on any atom is -0.354 e. The van der Waals surface area contributed by atoms with Crippen molar-refractivity contribution in [3.05, 3.63) is 18.0 Å². The molecular weight excluding hydrogens is 280 g/mol. The normalized spacial score (nSPS) is 20.9. The molecular formula is C12H20N4O3S. The average molecular weight is 300 g/mol. The molecule has 2 heterocycles. The predicted octanol–water partition coefficient (Wildman–Crippen LogP) is -0.633. The first-order valence-corrected chi connectivity index (χ1v) is 7.93. The maximum atomic E-state index is 12.6. The zero-order valence-corrected chi connectivity index (χ0v) is 12.7. The fraction of sp³-hybridized carbons (Fsp3) is 0.583. The number of piperazine rings is 1. The van der Waals surface area contributed by atoms with Crippen LogP contribution in [0.15, 0.2) is 17.2 Å². The molecule has 0 bridgehead atoms. The molecule has 20 heavy (non-hydrogen) atoms. The summed E-state index contributed by atoms with van der Waals surface area (Å²) in [6.45, 7) is 3.58. The highest BCUT2D eigenvalue weighted by Gasteiger charge is 2.32. The first-order chi connectivity index (χ1) is 9.37. The van der Waals surface area contributed by atoms with E-state index in [2.05, 4.69) is 10.6 Å². The Morgan fingerprint density at radius 1 is 1.50 bits per heavy atom. The molecule has 1 saturated heterocycles. The molecule has 0 unspecified atom stereocenters. The highest BCUT2D eigenvalue weighted by molar-refractivity contribution is 7.89. The monoisotopic (exact) mass is 300 g/mol. The van der Waals surface area contributed by atoms with Crippen molar-refractivity contribution in [2.45, 2.75) is 17.9 Å². The Kier molecular flexibility index (Phi) is 4.17. The number of nitrogens with zero attached hydrogens (tertiary/aromatic N) is 2. The van der Waals surface area contributed by atoms with Crippen molar-refractivity contribution < 1.29 is 13.2 Å². The van der Waals surface area contributed by atoms with Gasteiger partial charge in [0.15, 0.2) is 0 Å². The van der Waals surface area contributed by atoms with Crippen LogP contribution in [0.2, 0.25) is 0 Å². The number of amides is 1. The summed E-state index contributed by atoms with van der Waals surface area (Å²) in [5.74, 6) is -0.303. The van der Waals surface area contributed by atoms with Crippen LogP contribution in [-0.4, -0.2) is 55.9 Å². The lowest BCUT2D eigenvalue weighted by atomic mass is 10.3. The Hall–Kier alpha value is -1.38. The first-order valence-electron chi connectivity index (χ1n) is 6.49. The summed E-state index contributed by atoms with van der Waals surface area (Å²) < 4.78 is 28.3. The van der Waals surface area contributed by atoms with Crippen LogP contribution in [0.5, 0.6) is 0 Å². The molecule has 2 rings (SSSR count). The van der Waals surface area contributed by atoms with Gasteiger partial charge in [-0.05, 0) is 13.0 Å². The lowest BCUT2D eigenvalue weighted by Gasteiger charge is -2.32. The molecule has 1 aromatic heterocycles. The van der Waals surface area contributed by atoms with Gasteiger partial charge in [-0.2, -0.15) is 4.31 Å². The van der Waals surface area contributed by atoms with E-state index in [0.717, 1.165) is 0 Å². The highest BCUT2D eigenvalue weighted by Crippen LogP contribution is 2.21. The number of carbonyl (C=O) groups is 1. The molecule has 1 aliphatic rings. The Morgan fingerprint density at radius 2 is 2.20 bits per heavy atom. The predicted molar refractivity (Wildman–Crippen MR) is 75.0 cm³/mol. The van der Waals surface area contributed by atoms with Crippen molar-refractivity contribution in [3.8, 4) is 0 Å². The topological polar surface area (TPSA) is 83.4 Å². The van der Waals surface area contributed by atoms with Crippen LogP contribution in [0.4, 0.5) is 0 Å². The van der Waals surface area contributed by atoms with Crippen molar-refractivity contribution in [1.29, 1.82) is 0 Å². The van der Waals surface area contributed by atoms with Gasteiger partial charge in [-0.15, -0.1) is 0 Å². The van der Waals surface area contributed by atoms with Crippen LogP contribution in [0, 0.1) is 0 Å². The van der Waals surface area contributed by atoms with Crippen molar-refractivity contribution in [3.63, 3.8) is 0 Å². The summed E-state index contributed by atoms with van der Waals surface area (Å²) in [6, 6.07) is 1.32. The van der Waals surface area contributed by atoms with Crippen LogP contribution in [0.25, 0.3) is 0 Å². The lowest BCUT2D eigenvalue weighted by molar-refractivity contribution is 0.0955. The molecule has 1 aromatic rings. The molecule has 0 spiro atoms. The van der Waals surface area contributed by atoms with E-state index < -0.39 is 10.0 Å². The molecule has 7 nitrogen and oxygen atoms in total. The van der Waals surface area contributed by atoms with Crippen molar-refractivity contribution in [2.24, 2.45) is 7.05 Å². The number of aryl methyl sites for hydroxylation is 1. The van der Waals surface area contributed by atoms with Gasteiger partial charge in [-0.1, -0.05) is 0 Å². The Balaban J connectivity index is 2.37. The molecule has 1 atom stereocenters. The van der Waals surface area contributed by atoms with Gasteiger partial charge in [0.05, 0.1) is 0 Å². The summed E-state index contributed by atoms with van der Waals surface area (Å²) in [7, 11) is -0.389. The smallest absolute Gasteiger partial charge is 0.267 e. The van der Waals surface area contributed by atoms with E-state index >= 15 is 0 Å². The quantitative estimate of drug-likeness (QED) is 0.778. The van der Waals surface area contributed by atoms with E-state index in [1.54, 1.807) is 7.05 Å². The summed E-state index contributed by atoms with van der Waals surface area (Å²) in [5, 5.41) is 5.65. The minimum atomic E-state index is -3.56. The van der Waals surface area contributed by atoms with Gasteiger partial charge in [0.25, 0.3) is 5.91 Å². The van der Waals surface area contributed by atoms with Crippen LogP contribution in [0.3, 0.4) is 0 Å². The molecule has 0 radical (unpaired) electrons. The molecule has 0 saturated carbocycles. The average Bonchev–Trinajstić information content (AvgIpc) is 2.81. The second kappa shape index (κ2) is 5.55. The first kappa shape index (κ1) is 15.0. The maximum Gasteiger partial charge on any atom is 0.267 e. The van der Waals surface area contributed by atoms with Crippen molar-refractivity contribution in [1.82, 2.24) is 19.5 Å². The number of carbonyl (C=O) groups excluding carboxylic acids is 1. The minimum absolute atomic E-state index is 0.0996. The van der Waals surface area contributed by atoms with Gasteiger partial charge < -0.3 is 15.2 Å². The van der Waals surface area contributed by atoms with Crippen molar-refractivity contribution in [2.75, 3.05) is 26.7 Å². The highest BCUT2D eigenvalue weighted by atomic mass is 32.2. The number of nitrogens with one attached hydrogen (secondary N) is 2. The Morgan fingerprint density at radius 3 is 2.80 bits per heavy atom. The van der Waals surface area contributed by atoms with Crippen LogP contribution < -0.4 is 10.6 Å². The van der Waals surface area contributed by atoms with Crippen LogP contribution in [-0.2, 0) is 17.1 Å². The fourth-order valence-electron chi connectivity index (χ4n) is 2.34. The molecule has 0 aliphatic carbocycles. The van der Waals surface area contributed by atoms with Gasteiger partial charge in [0.1, 0.15) is 10.6 Å². The van der Waals surface area contributed by atoms with Crippen molar-refractivity contribution >= 4 is 15.9 Å². The second-order valence-electron chi connectivity index (χ2n) is 4.92. The van der Waals surface area contributed by atoms with E-state index in [4.69, 9.17) is 0 Å². The van der Waals surface area contributed by atoms with E-state index in [0.29, 0.717) is 25.3 Å². The third-order valence-corrected chi connectivity index (χ3v) is 5.47. The third-order valence-electron chi connectivity index (χ3n) is 3.49. The lowest BCUT2D eigenvalue weighted by Crippen LogP contribution is -2.52. The van der Waals surface area contributed by atoms with E-state index in [1.807, 2.05) is 6.92 Å². The molecule has 0 aromatic carbocycles. The van der Waals surface area contributed by atoms with Gasteiger partial charge >= 0.3 is 0 Å². The third kappa shape index (κ3) is 2.58. The summed E-state index contributed by atoms with van der Waals surface area (Å²) in [6.07, 6.45) is 1.48. The molecule has 1 aliphatic heterocycles. The number of aromatic nitrogens is 1. The maximum absolute atomic E-state index is 12.6. The largest absolute Gasteiger partial charge is 0.354 e. The molecule has 8 heteroatoms. The van der Waals surface area contributed by atoms with Gasteiger partial charge in [0, 0.05) is 46.0 Å². The zero-order valence-electron chi connectivity index (χ0n) is 11.9. The van der Waals surface area contributed by atoms with Crippen LogP contribution >= 0.6 is 0 Å². The van der Waals surface area contributed by atoms with E-state index in [9.17, 15) is 13.2 Å². The SMILES string of the molecule is CNC(=O)c1cc(S(=O)(=O)N2CCNC[C@@H]2C)cn1C. The van der Waals surface area contributed by atoms with Gasteiger partial charge in [0.2, 0.25) is 10.0 Å². The molecule has 1 fully saturated rings. The number of hydrogen-bond acceptors (Lipinski definition) is 4. The number of sulfonamides is 1. The van der Waals surface area contributed by atoms with Gasteiger partial charge in [-0.25, -0.2) is 8.42 Å². The van der Waals surface area contributed by atoms with E-state index in [-0.39, 0.29) is 16.8 Å². The fourth-order valence-corrected chi connectivity index (χ4v) is 4.05. The molecule has 1 amide bonds. The van der Waals surface area contributed by atoms with E-state index in [1.165, 1.54) is 28.2 Å². The molecule has 112 valence electrons. The molecule has 2 N–H and O–H groups in total. The summed E-state index contributed by atoms with van der Waals surface area (Å²) in [5.41, 5.74) is 0.328. The standard InChI is InChI=1S/C12H20N4O3S/c1-9-7-14-4-5-16(9)20(18,19)10-6-11(12(17)13-2)15(3)8-10/h6,8-9,14H,4-5,7H2,1-3H3,(H,13,17)/t9-/m0/s1. The Labute approximate surface area is 119 Å². The Bertz CT molecular complexity index is 608. The summed E-state index contributed by atoms with van der Waals surface area (Å²) >= 11 is 0. The summed E-state index contributed by atoms with van der Waals surface area (Å²) in [4.78, 5) is 11.8. The number of rotatable bonds is 3. The van der Waals surface area contributed by atoms with Gasteiger partial charge in [-0.3, -0.25) is 4.79 Å². The number of hydrogen-bond donors (Lipinski definition) is 2. The second-order valence-corrected chi connectivity index (χ2v) is 6.81. The van der Waals surface area contributed by atoms with Crippen LogP contribution in [0.1, 0.15) is 17.4 Å².